The highest BCUT2D eigenvalue weighted by molar-refractivity contribution is 7.89. The molecule has 2 N–H and O–H groups in total. The molecule has 8 heteroatoms. The number of rotatable bonds is 14. The van der Waals surface area contributed by atoms with E-state index in [1.165, 1.54) is 0 Å². The van der Waals surface area contributed by atoms with Crippen molar-refractivity contribution in [3.8, 4) is 0 Å². The normalized spacial score (nSPS) is 13.7. The second-order valence-corrected chi connectivity index (χ2v) is 12.6. The van der Waals surface area contributed by atoms with Crippen LogP contribution in [0.2, 0.25) is 0 Å². The number of hydrogen-bond donors (Lipinski definition) is 2. The fourth-order valence-electron chi connectivity index (χ4n) is 5.00. The molecule has 1 aliphatic rings. The van der Waals surface area contributed by atoms with Crippen molar-refractivity contribution in [1.29, 1.82) is 0 Å². The van der Waals surface area contributed by atoms with E-state index in [9.17, 15) is 18.0 Å². The molecule has 0 bridgehead atoms. The molecule has 1 unspecified atom stereocenters. The van der Waals surface area contributed by atoms with Gasteiger partial charge in [0.2, 0.25) is 21.8 Å². The van der Waals surface area contributed by atoms with E-state index in [4.69, 9.17) is 0 Å². The lowest BCUT2D eigenvalue weighted by atomic mass is 10.0. The van der Waals surface area contributed by atoms with Gasteiger partial charge in [0, 0.05) is 25.6 Å². The first-order valence-electron chi connectivity index (χ1n) is 14.7. The van der Waals surface area contributed by atoms with Gasteiger partial charge in [-0.2, -0.15) is 0 Å². The minimum atomic E-state index is -3.54. The van der Waals surface area contributed by atoms with Crippen LogP contribution in [0.15, 0.2) is 120 Å². The van der Waals surface area contributed by atoms with E-state index >= 15 is 0 Å². The number of carbonyl (C=O) groups excluding carboxylic acids is 2. The van der Waals surface area contributed by atoms with Crippen molar-refractivity contribution in [3.63, 3.8) is 0 Å². The average Bonchev–Trinajstić information content (AvgIpc) is 3.85. The third kappa shape index (κ3) is 8.63. The van der Waals surface area contributed by atoms with Crippen molar-refractivity contribution >= 4 is 21.8 Å². The number of aryl methyl sites for hydroxylation is 1. The maximum atomic E-state index is 13.9. The molecule has 1 fully saturated rings. The molecule has 1 atom stereocenters. The highest BCUT2D eigenvalue weighted by Crippen LogP contribution is 2.26. The summed E-state index contributed by atoms with van der Waals surface area (Å²) in [5.74, 6) is -0.396. The molecule has 0 radical (unpaired) electrons. The van der Waals surface area contributed by atoms with Crippen molar-refractivity contribution in [2.45, 2.75) is 55.6 Å². The maximum Gasteiger partial charge on any atom is 0.247 e. The van der Waals surface area contributed by atoms with Crippen molar-refractivity contribution in [2.24, 2.45) is 0 Å². The van der Waals surface area contributed by atoms with Crippen LogP contribution in [0.1, 0.15) is 47.6 Å². The van der Waals surface area contributed by atoms with Gasteiger partial charge in [-0.1, -0.05) is 103 Å². The van der Waals surface area contributed by atoms with Gasteiger partial charge in [0.1, 0.15) is 6.04 Å². The van der Waals surface area contributed by atoms with E-state index in [-0.39, 0.29) is 35.7 Å². The highest BCUT2D eigenvalue weighted by Gasteiger charge is 2.31. The zero-order valence-electron chi connectivity index (χ0n) is 24.1. The fraction of sp³-hybridized carbons (Fsp3) is 0.257. The number of carbonyl (C=O) groups is 2. The van der Waals surface area contributed by atoms with Crippen molar-refractivity contribution in [3.05, 3.63) is 138 Å². The Labute approximate surface area is 254 Å². The Balaban J connectivity index is 1.33. The van der Waals surface area contributed by atoms with E-state index in [2.05, 4.69) is 10.0 Å². The molecule has 43 heavy (non-hydrogen) atoms. The first-order chi connectivity index (χ1) is 20.9. The molecule has 0 spiro atoms. The Bertz CT molecular complexity index is 1590. The molecule has 0 heterocycles. The smallest absolute Gasteiger partial charge is 0.247 e. The van der Waals surface area contributed by atoms with Gasteiger partial charge in [0.05, 0.1) is 4.90 Å². The average molecular weight is 596 g/mol. The molecule has 1 saturated carbocycles. The number of hydrogen-bond acceptors (Lipinski definition) is 4. The predicted molar refractivity (Wildman–Crippen MR) is 167 cm³/mol. The summed E-state index contributed by atoms with van der Waals surface area (Å²) in [5, 5.41) is 3.07. The molecule has 222 valence electrons. The standard InChI is InChI=1S/C35H37N3O4S/c39-33(23-18-28-16-21-32(22-17-28)43(41,42)37-31-19-20-31)38(26-29-12-6-2-7-13-29)34(30-14-8-3-9-15-30)35(40)36-25-24-27-10-4-1-5-11-27/h1-17,21-22,31,34,37H,18-20,23-26H2,(H,36,40). The lowest BCUT2D eigenvalue weighted by molar-refractivity contribution is -0.141. The first-order valence-corrected chi connectivity index (χ1v) is 16.2. The van der Waals surface area contributed by atoms with E-state index in [0.29, 0.717) is 19.4 Å². The van der Waals surface area contributed by atoms with Crippen LogP contribution < -0.4 is 10.0 Å². The largest absolute Gasteiger partial charge is 0.354 e. The number of nitrogens with one attached hydrogen (secondary N) is 2. The topological polar surface area (TPSA) is 95.6 Å². The van der Waals surface area contributed by atoms with Crippen molar-refractivity contribution in [1.82, 2.24) is 14.9 Å². The molecule has 0 aromatic heterocycles. The molecule has 1 aliphatic carbocycles. The lowest BCUT2D eigenvalue weighted by Gasteiger charge is -2.32. The molecule has 0 aliphatic heterocycles. The van der Waals surface area contributed by atoms with Crippen LogP contribution in [-0.2, 0) is 39.0 Å². The monoisotopic (exact) mass is 595 g/mol. The highest BCUT2D eigenvalue weighted by atomic mass is 32.2. The van der Waals surface area contributed by atoms with Crippen LogP contribution in [-0.4, -0.2) is 37.7 Å². The number of sulfonamides is 1. The Hall–Kier alpha value is -4.27. The van der Waals surface area contributed by atoms with Crippen molar-refractivity contribution < 1.29 is 18.0 Å². The Morgan fingerprint density at radius 1 is 0.721 bits per heavy atom. The molecule has 5 rings (SSSR count). The maximum absolute atomic E-state index is 13.9. The zero-order chi connectivity index (χ0) is 30.1. The number of benzene rings is 4. The van der Waals surface area contributed by atoms with Crippen LogP contribution in [0.5, 0.6) is 0 Å². The van der Waals surface area contributed by atoms with Gasteiger partial charge in [-0.05, 0) is 60.1 Å². The van der Waals surface area contributed by atoms with Gasteiger partial charge in [0.15, 0.2) is 0 Å². The summed E-state index contributed by atoms with van der Waals surface area (Å²) in [4.78, 5) is 29.6. The quantitative estimate of drug-likeness (QED) is 0.210. The predicted octanol–water partition coefficient (Wildman–Crippen LogP) is 5.19. The molecule has 4 aromatic rings. The van der Waals surface area contributed by atoms with Gasteiger partial charge >= 0.3 is 0 Å². The van der Waals surface area contributed by atoms with Crippen LogP contribution in [0.4, 0.5) is 0 Å². The van der Waals surface area contributed by atoms with E-state index in [0.717, 1.165) is 35.1 Å². The minimum Gasteiger partial charge on any atom is -0.354 e. The van der Waals surface area contributed by atoms with Crippen LogP contribution in [0, 0.1) is 0 Å². The zero-order valence-corrected chi connectivity index (χ0v) is 24.9. The Morgan fingerprint density at radius 3 is 1.88 bits per heavy atom. The second-order valence-electron chi connectivity index (χ2n) is 10.9. The summed E-state index contributed by atoms with van der Waals surface area (Å²) in [7, 11) is -3.54. The van der Waals surface area contributed by atoms with Crippen LogP contribution in [0.3, 0.4) is 0 Å². The van der Waals surface area contributed by atoms with Crippen LogP contribution >= 0.6 is 0 Å². The first kappa shape index (κ1) is 30.2. The summed E-state index contributed by atoms with van der Waals surface area (Å²) in [5.41, 5.74) is 3.63. The SMILES string of the molecule is O=C(NCCc1ccccc1)C(c1ccccc1)N(Cc1ccccc1)C(=O)CCc1ccc(S(=O)(=O)NC2CC2)cc1. The van der Waals surface area contributed by atoms with Crippen molar-refractivity contribution in [2.75, 3.05) is 6.54 Å². The van der Waals surface area contributed by atoms with Gasteiger partial charge in [-0.15, -0.1) is 0 Å². The summed E-state index contributed by atoms with van der Waals surface area (Å²) in [6, 6.07) is 34.9. The molecule has 7 nitrogen and oxygen atoms in total. The lowest BCUT2D eigenvalue weighted by Crippen LogP contribution is -2.44. The van der Waals surface area contributed by atoms with E-state index in [1.807, 2.05) is 91.0 Å². The Kier molecular flexibility index (Phi) is 10.0. The molecule has 0 saturated heterocycles. The van der Waals surface area contributed by atoms with E-state index < -0.39 is 16.1 Å². The third-order valence-corrected chi connectivity index (χ3v) is 9.04. The molecule has 2 amide bonds. The third-order valence-electron chi connectivity index (χ3n) is 7.51. The van der Waals surface area contributed by atoms with Gasteiger partial charge < -0.3 is 10.2 Å². The minimum absolute atomic E-state index is 0.0333. The Morgan fingerprint density at radius 2 is 1.28 bits per heavy atom. The number of nitrogens with zero attached hydrogens (tertiary/aromatic N) is 1. The second kappa shape index (κ2) is 14.3. The summed E-state index contributed by atoms with van der Waals surface area (Å²) < 4.78 is 27.8. The van der Waals surface area contributed by atoms with Gasteiger partial charge in [0.25, 0.3) is 0 Å². The molecular formula is C35H37N3O4S. The van der Waals surface area contributed by atoms with E-state index in [1.54, 1.807) is 29.2 Å². The van der Waals surface area contributed by atoms with Gasteiger partial charge in [-0.25, -0.2) is 13.1 Å². The summed E-state index contributed by atoms with van der Waals surface area (Å²) in [6.45, 7) is 0.722. The van der Waals surface area contributed by atoms with Crippen LogP contribution in [0.25, 0.3) is 0 Å². The fourth-order valence-corrected chi connectivity index (χ4v) is 6.31. The summed E-state index contributed by atoms with van der Waals surface area (Å²) >= 11 is 0. The molecule has 4 aromatic carbocycles. The number of amides is 2. The van der Waals surface area contributed by atoms with Gasteiger partial charge in [-0.3, -0.25) is 9.59 Å². The molecular weight excluding hydrogens is 558 g/mol. The summed E-state index contributed by atoms with van der Waals surface area (Å²) in [6.07, 6.45) is 3.00.